The van der Waals surface area contributed by atoms with E-state index < -0.39 is 0 Å². The molecule has 0 bridgehead atoms. The molecule has 6 nitrogen and oxygen atoms in total. The number of rotatable bonds is 1. The predicted octanol–water partition coefficient (Wildman–Crippen LogP) is 0.538. The van der Waals surface area contributed by atoms with Crippen LogP contribution in [0.4, 0.5) is 11.8 Å². The average Bonchev–Trinajstić information content (AvgIpc) is 2.62. The molecule has 6 heteroatoms. The number of hydrogen-bond acceptors (Lipinski definition) is 5. The predicted molar refractivity (Wildman–Crippen MR) is 73.8 cm³/mol. The number of fused-ring (bicyclic) bond motifs is 1. The third kappa shape index (κ3) is 2.29. The monoisotopic (exact) mass is 257 g/mol. The molecule has 0 spiro atoms. The van der Waals surface area contributed by atoms with E-state index in [1.54, 1.807) is 0 Å². The van der Waals surface area contributed by atoms with Gasteiger partial charge in [-0.2, -0.15) is 4.98 Å². The van der Waals surface area contributed by atoms with E-state index in [-0.39, 0.29) is 11.9 Å². The first-order valence-electron chi connectivity index (χ1n) is 6.28. The standard InChI is InChI=1S/C13H15N5O/c14-13-16-10-4-2-1-3-9(10)12(17-13)18-7-5-11(19)15-6-8-18/h1-4H,5-8H2,(H,15,19)(H2,14,16,17). The molecule has 1 fully saturated rings. The van der Waals surface area contributed by atoms with E-state index >= 15 is 0 Å². The van der Waals surface area contributed by atoms with Crippen LogP contribution in [0.25, 0.3) is 10.9 Å². The fourth-order valence-electron chi connectivity index (χ4n) is 2.30. The van der Waals surface area contributed by atoms with Crippen LogP contribution in [0.2, 0.25) is 0 Å². The number of carbonyl (C=O) groups is 1. The van der Waals surface area contributed by atoms with E-state index in [1.165, 1.54) is 0 Å². The second kappa shape index (κ2) is 4.72. The van der Waals surface area contributed by atoms with Crippen molar-refractivity contribution in [3.63, 3.8) is 0 Å². The van der Waals surface area contributed by atoms with Crippen LogP contribution in [0.5, 0.6) is 0 Å². The molecule has 98 valence electrons. The Kier molecular flexibility index (Phi) is 2.91. The Bertz CT molecular complexity index is 627. The highest BCUT2D eigenvalue weighted by atomic mass is 16.1. The number of carbonyl (C=O) groups excluding carboxylic acids is 1. The van der Waals surface area contributed by atoms with Crippen LogP contribution in [0, 0.1) is 0 Å². The molecule has 3 rings (SSSR count). The van der Waals surface area contributed by atoms with Gasteiger partial charge in [0.1, 0.15) is 5.82 Å². The van der Waals surface area contributed by atoms with Crippen LogP contribution in [0.15, 0.2) is 24.3 Å². The molecule has 3 N–H and O–H groups in total. The number of nitrogens with zero attached hydrogens (tertiary/aromatic N) is 3. The number of nitrogen functional groups attached to an aromatic ring is 1. The minimum absolute atomic E-state index is 0.0776. The zero-order valence-electron chi connectivity index (χ0n) is 10.5. The van der Waals surface area contributed by atoms with Gasteiger partial charge in [-0.3, -0.25) is 4.79 Å². The lowest BCUT2D eigenvalue weighted by Crippen LogP contribution is -2.29. The number of para-hydroxylation sites is 1. The van der Waals surface area contributed by atoms with Crippen LogP contribution in [0.3, 0.4) is 0 Å². The molecule has 1 aromatic carbocycles. The van der Waals surface area contributed by atoms with E-state index in [0.29, 0.717) is 19.5 Å². The van der Waals surface area contributed by atoms with E-state index in [0.717, 1.165) is 23.3 Å². The third-order valence-electron chi connectivity index (χ3n) is 3.21. The van der Waals surface area contributed by atoms with E-state index in [2.05, 4.69) is 20.2 Å². The van der Waals surface area contributed by atoms with Crippen LogP contribution < -0.4 is 16.0 Å². The molecule has 19 heavy (non-hydrogen) atoms. The summed E-state index contributed by atoms with van der Waals surface area (Å²) in [5.74, 6) is 1.14. The summed E-state index contributed by atoms with van der Waals surface area (Å²) >= 11 is 0. The first-order valence-corrected chi connectivity index (χ1v) is 6.28. The highest BCUT2D eigenvalue weighted by Crippen LogP contribution is 2.24. The van der Waals surface area contributed by atoms with Crippen molar-refractivity contribution in [2.75, 3.05) is 30.3 Å². The van der Waals surface area contributed by atoms with E-state index in [4.69, 9.17) is 5.73 Å². The molecule has 0 saturated carbocycles. The number of aromatic nitrogens is 2. The van der Waals surface area contributed by atoms with Gasteiger partial charge in [-0.15, -0.1) is 0 Å². The van der Waals surface area contributed by atoms with Gasteiger partial charge in [0.25, 0.3) is 0 Å². The maximum Gasteiger partial charge on any atom is 0.222 e. The molecular weight excluding hydrogens is 242 g/mol. The Morgan fingerprint density at radius 2 is 2.05 bits per heavy atom. The number of amides is 1. The van der Waals surface area contributed by atoms with Gasteiger partial charge in [-0.25, -0.2) is 4.98 Å². The Morgan fingerprint density at radius 3 is 2.95 bits per heavy atom. The van der Waals surface area contributed by atoms with Crippen LogP contribution in [-0.2, 0) is 4.79 Å². The van der Waals surface area contributed by atoms with Gasteiger partial charge in [-0.05, 0) is 12.1 Å². The molecule has 0 aliphatic carbocycles. The van der Waals surface area contributed by atoms with Gasteiger partial charge in [-0.1, -0.05) is 12.1 Å². The quantitative estimate of drug-likeness (QED) is 0.779. The lowest BCUT2D eigenvalue weighted by atomic mass is 10.2. The minimum Gasteiger partial charge on any atom is -0.368 e. The largest absolute Gasteiger partial charge is 0.368 e. The number of nitrogens with two attached hydrogens (primary N) is 1. The van der Waals surface area contributed by atoms with Crippen molar-refractivity contribution in [2.24, 2.45) is 0 Å². The topological polar surface area (TPSA) is 84.1 Å². The molecule has 1 aliphatic heterocycles. The van der Waals surface area contributed by atoms with Crippen molar-refractivity contribution in [3.05, 3.63) is 24.3 Å². The summed E-state index contributed by atoms with van der Waals surface area (Å²) in [5, 5.41) is 3.82. The van der Waals surface area contributed by atoms with Crippen molar-refractivity contribution < 1.29 is 4.79 Å². The Morgan fingerprint density at radius 1 is 1.21 bits per heavy atom. The number of benzene rings is 1. The van der Waals surface area contributed by atoms with E-state index in [1.807, 2.05) is 24.3 Å². The van der Waals surface area contributed by atoms with Gasteiger partial charge in [0.2, 0.25) is 11.9 Å². The maximum absolute atomic E-state index is 11.4. The van der Waals surface area contributed by atoms with Crippen LogP contribution >= 0.6 is 0 Å². The van der Waals surface area contributed by atoms with Gasteiger partial charge in [0, 0.05) is 31.4 Å². The number of nitrogens with one attached hydrogen (secondary N) is 1. The SMILES string of the molecule is Nc1nc(N2CCNC(=O)CC2)c2ccccc2n1. The fourth-order valence-corrected chi connectivity index (χ4v) is 2.30. The van der Waals surface area contributed by atoms with Crippen molar-refractivity contribution in [3.8, 4) is 0 Å². The summed E-state index contributed by atoms with van der Waals surface area (Å²) in [6.45, 7) is 2.00. The molecule has 2 aromatic rings. The van der Waals surface area contributed by atoms with Crippen molar-refractivity contribution in [2.45, 2.75) is 6.42 Å². The zero-order chi connectivity index (χ0) is 13.2. The molecule has 0 atom stereocenters. The Labute approximate surface area is 110 Å². The molecule has 1 aliphatic rings. The minimum atomic E-state index is 0.0776. The molecule has 0 radical (unpaired) electrons. The lowest BCUT2D eigenvalue weighted by Gasteiger charge is -2.22. The summed E-state index contributed by atoms with van der Waals surface area (Å²) in [7, 11) is 0. The number of anilines is 2. The van der Waals surface area contributed by atoms with Gasteiger partial charge in [0.05, 0.1) is 5.52 Å². The molecule has 0 unspecified atom stereocenters. The summed E-state index contributed by atoms with van der Waals surface area (Å²) in [4.78, 5) is 22.0. The van der Waals surface area contributed by atoms with Gasteiger partial charge >= 0.3 is 0 Å². The van der Waals surface area contributed by atoms with Crippen molar-refractivity contribution >= 4 is 28.6 Å². The normalized spacial score (nSPS) is 16.2. The summed E-state index contributed by atoms with van der Waals surface area (Å²) in [6.07, 6.45) is 0.470. The third-order valence-corrected chi connectivity index (χ3v) is 3.21. The van der Waals surface area contributed by atoms with Gasteiger partial charge in [0.15, 0.2) is 0 Å². The van der Waals surface area contributed by atoms with Gasteiger partial charge < -0.3 is 16.0 Å². The molecule has 1 aromatic heterocycles. The summed E-state index contributed by atoms with van der Waals surface area (Å²) < 4.78 is 0. The second-order valence-electron chi connectivity index (χ2n) is 4.51. The van der Waals surface area contributed by atoms with Crippen molar-refractivity contribution in [1.29, 1.82) is 0 Å². The Balaban J connectivity index is 2.05. The maximum atomic E-state index is 11.4. The van der Waals surface area contributed by atoms with Crippen LogP contribution in [0.1, 0.15) is 6.42 Å². The lowest BCUT2D eigenvalue weighted by molar-refractivity contribution is -0.120. The van der Waals surface area contributed by atoms with Crippen LogP contribution in [-0.4, -0.2) is 35.5 Å². The summed E-state index contributed by atoms with van der Waals surface area (Å²) in [5.41, 5.74) is 6.59. The van der Waals surface area contributed by atoms with Crippen molar-refractivity contribution in [1.82, 2.24) is 15.3 Å². The highest BCUT2D eigenvalue weighted by molar-refractivity contribution is 5.90. The second-order valence-corrected chi connectivity index (χ2v) is 4.51. The zero-order valence-corrected chi connectivity index (χ0v) is 10.5. The smallest absolute Gasteiger partial charge is 0.222 e. The van der Waals surface area contributed by atoms with E-state index in [9.17, 15) is 4.79 Å². The molecule has 1 amide bonds. The number of hydrogen-bond donors (Lipinski definition) is 2. The first-order chi connectivity index (χ1) is 9.24. The fraction of sp³-hybridized carbons (Fsp3) is 0.308. The molecular formula is C13H15N5O. The molecule has 1 saturated heterocycles. The molecule has 2 heterocycles. The summed E-state index contributed by atoms with van der Waals surface area (Å²) in [6, 6.07) is 7.76. The first kappa shape index (κ1) is 11.7. The highest BCUT2D eigenvalue weighted by Gasteiger charge is 2.17. The Hall–Kier alpha value is -2.37. The average molecular weight is 257 g/mol.